The summed E-state index contributed by atoms with van der Waals surface area (Å²) in [4.78, 5) is 38.8. The molecule has 1 aliphatic carbocycles. The Morgan fingerprint density at radius 2 is 1.84 bits per heavy atom. The molecule has 2 bridgehead atoms. The summed E-state index contributed by atoms with van der Waals surface area (Å²) in [5.74, 6) is 0.0915. The normalized spacial score (nSPS) is 20.9. The van der Waals surface area contributed by atoms with Crippen LogP contribution in [0.1, 0.15) is 82.7 Å². The molecule has 50 heavy (non-hydrogen) atoms. The van der Waals surface area contributed by atoms with E-state index in [9.17, 15) is 22.8 Å². The number of carbonyl (C=O) groups is 2. The number of aromatic nitrogens is 4. The molecule has 4 atom stereocenters. The van der Waals surface area contributed by atoms with Gasteiger partial charge in [0, 0.05) is 41.7 Å². The van der Waals surface area contributed by atoms with E-state index in [1.807, 2.05) is 34.4 Å². The molecule has 2 saturated heterocycles. The van der Waals surface area contributed by atoms with Crippen LogP contribution in [-0.2, 0) is 12.7 Å². The van der Waals surface area contributed by atoms with Crippen molar-refractivity contribution in [1.82, 2.24) is 29.2 Å². The first kappa shape index (κ1) is 32.3. The number of ether oxygens (including phenoxy) is 1. The number of nitrogens with two attached hydrogens (primary N) is 1. The minimum absolute atomic E-state index is 0.00327. The van der Waals surface area contributed by atoms with Crippen LogP contribution in [0.25, 0.3) is 28.1 Å². The number of carbonyl (C=O) groups excluding carboxylic acids is 2. The van der Waals surface area contributed by atoms with Gasteiger partial charge in [-0.05, 0) is 88.3 Å². The lowest BCUT2D eigenvalue weighted by Gasteiger charge is -2.23. The number of imidazole rings is 1. The summed E-state index contributed by atoms with van der Waals surface area (Å²) in [7, 11) is 1.58. The van der Waals surface area contributed by atoms with Crippen molar-refractivity contribution in [3.8, 4) is 17.3 Å². The summed E-state index contributed by atoms with van der Waals surface area (Å²) in [5, 5.41) is 3.57. The van der Waals surface area contributed by atoms with Gasteiger partial charge in [0.05, 0.1) is 41.4 Å². The SMILES string of the molecule is COc1cc(C(=O)N2[C@H]3CC[C@@H]2[C@H](N)C3)cc2nc(-c3cc4ccc([C@@H](C)NC(=O)c5ccccc5C(F)(F)F)nc4n3CC3CC3)c(C)n12. The number of halogens is 3. The Hall–Kier alpha value is -4.91. The zero-order valence-electron chi connectivity index (χ0n) is 28.0. The van der Waals surface area contributed by atoms with Crippen molar-refractivity contribution in [3.63, 3.8) is 0 Å². The Morgan fingerprint density at radius 1 is 1.06 bits per heavy atom. The minimum Gasteiger partial charge on any atom is -0.482 e. The fraction of sp³-hybridized carbons (Fsp3) is 0.405. The van der Waals surface area contributed by atoms with E-state index in [1.165, 1.54) is 18.2 Å². The molecule has 2 amide bonds. The molecule has 0 radical (unpaired) electrons. The van der Waals surface area contributed by atoms with Gasteiger partial charge in [-0.15, -0.1) is 0 Å². The van der Waals surface area contributed by atoms with Gasteiger partial charge < -0.3 is 25.3 Å². The quantitative estimate of drug-likeness (QED) is 0.198. The fourth-order valence-corrected chi connectivity index (χ4v) is 7.89. The number of benzene rings is 1. The Labute approximate surface area is 286 Å². The second-order valence-electron chi connectivity index (χ2n) is 13.9. The van der Waals surface area contributed by atoms with Crippen LogP contribution >= 0.6 is 0 Å². The molecule has 8 rings (SSSR count). The number of pyridine rings is 2. The average molecular weight is 686 g/mol. The van der Waals surface area contributed by atoms with Gasteiger partial charge in [0.2, 0.25) is 0 Å². The lowest BCUT2D eigenvalue weighted by Crippen LogP contribution is -2.40. The topological polar surface area (TPSA) is 120 Å². The molecule has 5 aromatic rings. The predicted molar refractivity (Wildman–Crippen MR) is 181 cm³/mol. The number of methoxy groups -OCH3 is 1. The standard InChI is InChI=1S/C37H38F3N7O3/c1-19(42-35(48)25-6-4-5-7-26(25)37(38,39)40)28-12-10-22-14-30(45(34(22)43-28)18-21-8-9-21)33-20(2)46-31(44-33)15-23(16-32(46)50-3)36(49)47-24-11-13-29(47)27(41)17-24/h4-7,10,12,14-16,19,21,24,27,29H,8-9,11,13,17-18,41H2,1-3H3,(H,42,48)/t19-,24+,27-,29-/m1/s1. The monoisotopic (exact) mass is 685 g/mol. The number of fused-ring (bicyclic) bond motifs is 4. The van der Waals surface area contributed by atoms with Crippen LogP contribution in [0.3, 0.4) is 0 Å². The van der Waals surface area contributed by atoms with Crippen molar-refractivity contribution >= 4 is 28.5 Å². The summed E-state index contributed by atoms with van der Waals surface area (Å²) >= 11 is 0. The van der Waals surface area contributed by atoms with E-state index in [2.05, 4.69) is 9.88 Å². The highest BCUT2D eigenvalue weighted by Gasteiger charge is 2.47. The minimum atomic E-state index is -4.66. The first-order valence-electron chi connectivity index (χ1n) is 17.1. The lowest BCUT2D eigenvalue weighted by atomic mass is 9.97. The van der Waals surface area contributed by atoms with E-state index < -0.39 is 29.3 Å². The molecule has 260 valence electrons. The smallest absolute Gasteiger partial charge is 0.417 e. The van der Waals surface area contributed by atoms with Crippen molar-refractivity contribution in [2.75, 3.05) is 7.11 Å². The lowest BCUT2D eigenvalue weighted by molar-refractivity contribution is -0.137. The van der Waals surface area contributed by atoms with Gasteiger partial charge in [0.15, 0.2) is 5.88 Å². The molecular formula is C37H38F3N7O3. The summed E-state index contributed by atoms with van der Waals surface area (Å²) in [6, 6.07) is 13.6. The van der Waals surface area contributed by atoms with Gasteiger partial charge in [-0.3, -0.25) is 14.0 Å². The molecule has 3 fully saturated rings. The largest absolute Gasteiger partial charge is 0.482 e. The van der Waals surface area contributed by atoms with Crippen LogP contribution in [0.4, 0.5) is 13.2 Å². The van der Waals surface area contributed by atoms with Gasteiger partial charge in [0.1, 0.15) is 17.0 Å². The van der Waals surface area contributed by atoms with Gasteiger partial charge in [0.25, 0.3) is 11.8 Å². The summed E-state index contributed by atoms with van der Waals surface area (Å²) in [6.07, 6.45) is 0.232. The predicted octanol–water partition coefficient (Wildman–Crippen LogP) is 6.29. The highest BCUT2D eigenvalue weighted by Crippen LogP contribution is 2.40. The number of hydrogen-bond acceptors (Lipinski definition) is 6. The van der Waals surface area contributed by atoms with Gasteiger partial charge in [-0.2, -0.15) is 13.2 Å². The van der Waals surface area contributed by atoms with Gasteiger partial charge in [-0.25, -0.2) is 9.97 Å². The van der Waals surface area contributed by atoms with Crippen LogP contribution < -0.4 is 15.8 Å². The van der Waals surface area contributed by atoms with Crippen molar-refractivity contribution < 1.29 is 27.5 Å². The maximum absolute atomic E-state index is 13.8. The Balaban J connectivity index is 1.15. The molecule has 1 aromatic carbocycles. The number of nitrogens with zero attached hydrogens (tertiary/aromatic N) is 5. The van der Waals surface area contributed by atoms with Crippen molar-refractivity contribution in [2.45, 2.75) is 82.8 Å². The number of amides is 2. The van der Waals surface area contributed by atoms with Crippen LogP contribution in [0.2, 0.25) is 0 Å². The average Bonchev–Trinajstić information content (AvgIpc) is 3.41. The second kappa shape index (κ2) is 11.9. The van der Waals surface area contributed by atoms with Crippen molar-refractivity contribution in [1.29, 1.82) is 0 Å². The number of hydrogen-bond donors (Lipinski definition) is 2. The molecule has 4 aromatic heterocycles. The maximum atomic E-state index is 13.8. The van der Waals surface area contributed by atoms with Crippen LogP contribution in [0.5, 0.6) is 5.88 Å². The van der Waals surface area contributed by atoms with E-state index in [4.69, 9.17) is 20.4 Å². The molecule has 13 heteroatoms. The van der Waals surface area contributed by atoms with E-state index in [0.717, 1.165) is 60.6 Å². The highest BCUT2D eigenvalue weighted by molar-refractivity contribution is 5.97. The number of alkyl halides is 3. The number of aryl methyl sites for hydroxylation is 1. The van der Waals surface area contributed by atoms with E-state index in [-0.39, 0.29) is 24.0 Å². The zero-order chi connectivity index (χ0) is 35.1. The molecule has 2 aliphatic heterocycles. The summed E-state index contributed by atoms with van der Waals surface area (Å²) in [5.41, 5.74) is 9.64. The summed E-state index contributed by atoms with van der Waals surface area (Å²) < 4.78 is 50.7. The first-order valence-corrected chi connectivity index (χ1v) is 17.1. The Kier molecular flexibility index (Phi) is 7.66. The van der Waals surface area contributed by atoms with Gasteiger partial charge in [-0.1, -0.05) is 12.1 Å². The van der Waals surface area contributed by atoms with E-state index in [1.54, 1.807) is 26.2 Å². The third-order valence-corrected chi connectivity index (χ3v) is 10.6. The maximum Gasteiger partial charge on any atom is 0.417 e. The first-order chi connectivity index (χ1) is 23.9. The van der Waals surface area contributed by atoms with Crippen LogP contribution in [0.15, 0.2) is 54.6 Å². The number of rotatable bonds is 8. The van der Waals surface area contributed by atoms with E-state index >= 15 is 0 Å². The van der Waals surface area contributed by atoms with Crippen LogP contribution in [0, 0.1) is 12.8 Å². The molecular weight excluding hydrogens is 647 g/mol. The van der Waals surface area contributed by atoms with Gasteiger partial charge >= 0.3 is 6.18 Å². The van der Waals surface area contributed by atoms with E-state index in [0.29, 0.717) is 40.9 Å². The summed E-state index contributed by atoms with van der Waals surface area (Å²) in [6.45, 7) is 4.38. The third-order valence-electron chi connectivity index (χ3n) is 10.6. The Bertz CT molecular complexity index is 2170. The zero-order valence-corrected chi connectivity index (χ0v) is 28.0. The molecule has 10 nitrogen and oxygen atoms in total. The highest BCUT2D eigenvalue weighted by atomic mass is 19.4. The second-order valence-corrected chi connectivity index (χ2v) is 13.9. The van der Waals surface area contributed by atoms with Crippen molar-refractivity contribution in [2.24, 2.45) is 11.7 Å². The molecule has 3 N–H and O–H groups in total. The molecule has 3 aliphatic rings. The molecule has 0 unspecified atom stereocenters. The molecule has 6 heterocycles. The van der Waals surface area contributed by atoms with Crippen LogP contribution in [-0.4, -0.2) is 60.9 Å². The molecule has 1 saturated carbocycles. The number of nitrogens with one attached hydrogen (secondary N) is 1. The van der Waals surface area contributed by atoms with Crippen molar-refractivity contribution in [3.05, 3.63) is 82.7 Å². The Morgan fingerprint density at radius 3 is 2.52 bits per heavy atom. The third kappa shape index (κ3) is 5.38. The fourth-order valence-electron chi connectivity index (χ4n) is 7.89. The molecule has 0 spiro atoms.